The lowest BCUT2D eigenvalue weighted by Crippen LogP contribution is -2.13. The fourth-order valence-electron chi connectivity index (χ4n) is 1.99. The molecule has 0 aliphatic heterocycles. The van der Waals surface area contributed by atoms with Crippen molar-refractivity contribution in [3.63, 3.8) is 0 Å². The molecule has 0 atom stereocenters. The highest BCUT2D eigenvalue weighted by molar-refractivity contribution is 9.10. The second-order valence-electron chi connectivity index (χ2n) is 4.89. The summed E-state index contributed by atoms with van der Waals surface area (Å²) < 4.78 is 20.8. The number of carbonyl (C=O) groups is 1. The molecule has 2 aromatic heterocycles. The van der Waals surface area contributed by atoms with E-state index in [1.54, 1.807) is 30.1 Å². The lowest BCUT2D eigenvalue weighted by atomic mass is 10.2. The summed E-state index contributed by atoms with van der Waals surface area (Å²) in [5.74, 6) is -0.314. The zero-order chi connectivity index (χ0) is 17.1. The van der Waals surface area contributed by atoms with E-state index in [0.29, 0.717) is 15.9 Å². The van der Waals surface area contributed by atoms with E-state index >= 15 is 0 Å². The van der Waals surface area contributed by atoms with Crippen LogP contribution in [-0.4, -0.2) is 20.7 Å². The molecule has 24 heavy (non-hydrogen) atoms. The molecule has 0 saturated carbocycles. The number of anilines is 1. The zero-order valence-electron chi connectivity index (χ0n) is 12.5. The van der Waals surface area contributed by atoms with Crippen molar-refractivity contribution in [1.29, 1.82) is 0 Å². The van der Waals surface area contributed by atoms with Gasteiger partial charge in [-0.15, -0.1) is 0 Å². The van der Waals surface area contributed by atoms with Gasteiger partial charge in [0, 0.05) is 19.4 Å². The molecule has 0 aliphatic rings. The summed E-state index contributed by atoms with van der Waals surface area (Å²) in [6.07, 6.45) is 4.71. The Bertz CT molecular complexity index is 897. The molecule has 1 N–H and O–H groups in total. The number of amides is 1. The number of carbonyl (C=O) groups excluding carboxylic acids is 1. The van der Waals surface area contributed by atoms with Gasteiger partial charge in [-0.05, 0) is 46.3 Å². The minimum absolute atomic E-state index is 0.117. The van der Waals surface area contributed by atoms with Crippen LogP contribution in [0.4, 0.5) is 10.1 Å². The van der Waals surface area contributed by atoms with Crippen LogP contribution in [0.3, 0.4) is 0 Å². The average Bonchev–Trinajstić information content (AvgIpc) is 2.95. The van der Waals surface area contributed by atoms with Gasteiger partial charge in [-0.1, -0.05) is 0 Å². The third-order valence-electron chi connectivity index (χ3n) is 3.08. The highest BCUT2D eigenvalue weighted by Crippen LogP contribution is 2.31. The Kier molecular flexibility index (Phi) is 4.57. The standard InChI is InChI=1S/C16H12BrFN4O2/c1-22-9-11(8-20-22)21-15(23)12-3-2-6-19-16(12)24-14-5-4-10(18)7-13(14)17/h2-9H,1H3,(H,21,23). The molecule has 3 aromatic rings. The lowest BCUT2D eigenvalue weighted by Gasteiger charge is -2.10. The molecule has 3 rings (SSSR count). The van der Waals surface area contributed by atoms with Crippen LogP contribution >= 0.6 is 15.9 Å². The van der Waals surface area contributed by atoms with Crippen molar-refractivity contribution in [2.45, 2.75) is 0 Å². The largest absolute Gasteiger partial charge is 0.437 e. The van der Waals surface area contributed by atoms with Gasteiger partial charge in [-0.25, -0.2) is 9.37 Å². The number of ether oxygens (including phenoxy) is 1. The number of aryl methyl sites for hydroxylation is 1. The summed E-state index contributed by atoms with van der Waals surface area (Å²) in [6.45, 7) is 0. The summed E-state index contributed by atoms with van der Waals surface area (Å²) in [6, 6.07) is 7.21. The molecule has 0 fully saturated rings. The molecule has 0 bridgehead atoms. The minimum Gasteiger partial charge on any atom is -0.437 e. The Morgan fingerprint density at radius 1 is 1.38 bits per heavy atom. The van der Waals surface area contributed by atoms with Crippen molar-refractivity contribution in [3.05, 3.63) is 64.8 Å². The minimum atomic E-state index is -0.398. The molecular weight excluding hydrogens is 379 g/mol. The molecular formula is C16H12BrFN4O2. The highest BCUT2D eigenvalue weighted by atomic mass is 79.9. The molecule has 1 aromatic carbocycles. The summed E-state index contributed by atoms with van der Waals surface area (Å²) >= 11 is 3.22. The second-order valence-corrected chi connectivity index (χ2v) is 5.74. The maximum Gasteiger partial charge on any atom is 0.261 e. The van der Waals surface area contributed by atoms with Crippen LogP contribution in [0.15, 0.2) is 53.4 Å². The van der Waals surface area contributed by atoms with Gasteiger partial charge < -0.3 is 10.1 Å². The molecule has 122 valence electrons. The first-order chi connectivity index (χ1) is 11.5. The summed E-state index contributed by atoms with van der Waals surface area (Å²) in [4.78, 5) is 16.5. The van der Waals surface area contributed by atoms with E-state index in [9.17, 15) is 9.18 Å². The topological polar surface area (TPSA) is 69.0 Å². The van der Waals surface area contributed by atoms with Crippen molar-refractivity contribution < 1.29 is 13.9 Å². The molecule has 0 unspecified atom stereocenters. The van der Waals surface area contributed by atoms with Crippen molar-refractivity contribution in [2.24, 2.45) is 7.05 Å². The molecule has 0 radical (unpaired) electrons. The predicted octanol–water partition coefficient (Wildman–Crippen LogP) is 3.76. The van der Waals surface area contributed by atoms with E-state index < -0.39 is 5.82 Å². The van der Waals surface area contributed by atoms with E-state index in [0.717, 1.165) is 0 Å². The smallest absolute Gasteiger partial charge is 0.261 e. The number of pyridine rings is 1. The first-order valence-corrected chi connectivity index (χ1v) is 7.70. The molecule has 8 heteroatoms. The maximum absolute atomic E-state index is 13.2. The third-order valence-corrected chi connectivity index (χ3v) is 3.70. The quantitative estimate of drug-likeness (QED) is 0.736. The van der Waals surface area contributed by atoms with E-state index in [1.807, 2.05) is 0 Å². The Hall–Kier alpha value is -2.74. The highest BCUT2D eigenvalue weighted by Gasteiger charge is 2.16. The zero-order valence-corrected chi connectivity index (χ0v) is 14.1. The summed E-state index contributed by atoms with van der Waals surface area (Å²) in [5, 5.41) is 6.70. The van der Waals surface area contributed by atoms with Gasteiger partial charge >= 0.3 is 0 Å². The Morgan fingerprint density at radius 3 is 2.92 bits per heavy atom. The van der Waals surface area contributed by atoms with Gasteiger partial charge in [0.2, 0.25) is 5.88 Å². The van der Waals surface area contributed by atoms with Crippen LogP contribution in [0.1, 0.15) is 10.4 Å². The lowest BCUT2D eigenvalue weighted by molar-refractivity contribution is 0.102. The maximum atomic E-state index is 13.2. The number of halogens is 2. The van der Waals surface area contributed by atoms with Crippen molar-refractivity contribution in [1.82, 2.24) is 14.8 Å². The van der Waals surface area contributed by atoms with E-state index in [2.05, 4.69) is 31.3 Å². The molecule has 0 aliphatic carbocycles. The van der Waals surface area contributed by atoms with Crippen LogP contribution in [0.2, 0.25) is 0 Å². The third kappa shape index (κ3) is 3.60. The summed E-state index contributed by atoms with van der Waals surface area (Å²) in [5.41, 5.74) is 0.804. The molecule has 0 saturated heterocycles. The van der Waals surface area contributed by atoms with Crippen LogP contribution < -0.4 is 10.1 Å². The van der Waals surface area contributed by atoms with Crippen molar-refractivity contribution >= 4 is 27.5 Å². The van der Waals surface area contributed by atoms with Gasteiger partial charge in [0.15, 0.2) is 0 Å². The molecule has 1 amide bonds. The van der Waals surface area contributed by atoms with Crippen molar-refractivity contribution in [3.8, 4) is 11.6 Å². The van der Waals surface area contributed by atoms with Gasteiger partial charge in [-0.2, -0.15) is 5.10 Å². The van der Waals surface area contributed by atoms with Gasteiger partial charge in [0.1, 0.15) is 17.1 Å². The molecule has 6 nitrogen and oxygen atoms in total. The van der Waals surface area contributed by atoms with E-state index in [4.69, 9.17) is 4.74 Å². The van der Waals surface area contributed by atoms with Crippen LogP contribution in [0, 0.1) is 5.82 Å². The second kappa shape index (κ2) is 6.79. The number of hydrogen-bond acceptors (Lipinski definition) is 4. The van der Waals surface area contributed by atoms with E-state index in [-0.39, 0.29) is 17.4 Å². The average molecular weight is 391 g/mol. The number of nitrogens with one attached hydrogen (secondary N) is 1. The normalized spacial score (nSPS) is 10.5. The number of nitrogens with zero attached hydrogens (tertiary/aromatic N) is 3. The summed E-state index contributed by atoms with van der Waals surface area (Å²) in [7, 11) is 1.75. The van der Waals surface area contributed by atoms with Crippen LogP contribution in [0.5, 0.6) is 11.6 Å². The number of hydrogen-bond donors (Lipinski definition) is 1. The fraction of sp³-hybridized carbons (Fsp3) is 0.0625. The van der Waals surface area contributed by atoms with Gasteiger partial charge in [0.25, 0.3) is 5.91 Å². The first kappa shape index (κ1) is 16.1. The predicted molar refractivity (Wildman–Crippen MR) is 89.6 cm³/mol. The SMILES string of the molecule is Cn1cc(NC(=O)c2cccnc2Oc2ccc(F)cc2Br)cn1. The Balaban J connectivity index is 1.86. The number of benzene rings is 1. The van der Waals surface area contributed by atoms with E-state index in [1.165, 1.54) is 30.6 Å². The van der Waals surface area contributed by atoms with Crippen LogP contribution in [-0.2, 0) is 7.05 Å². The number of rotatable bonds is 4. The monoisotopic (exact) mass is 390 g/mol. The first-order valence-electron chi connectivity index (χ1n) is 6.91. The number of aromatic nitrogens is 3. The molecule has 2 heterocycles. The molecule has 0 spiro atoms. The van der Waals surface area contributed by atoms with Crippen LogP contribution in [0.25, 0.3) is 0 Å². The Labute approximate surface area is 145 Å². The van der Waals surface area contributed by atoms with Crippen molar-refractivity contribution in [2.75, 3.05) is 5.32 Å². The fourth-order valence-corrected chi connectivity index (χ4v) is 2.42. The Morgan fingerprint density at radius 2 is 2.21 bits per heavy atom. The van der Waals surface area contributed by atoms with Gasteiger partial charge in [-0.3, -0.25) is 9.48 Å². The van der Waals surface area contributed by atoms with Gasteiger partial charge in [0.05, 0.1) is 16.4 Å².